The molecule has 1 atom stereocenters. The summed E-state index contributed by atoms with van der Waals surface area (Å²) < 4.78 is 0. The Morgan fingerprint density at radius 3 is 2.42 bits per heavy atom. The summed E-state index contributed by atoms with van der Waals surface area (Å²) in [5, 5.41) is 3.56. The summed E-state index contributed by atoms with van der Waals surface area (Å²) in [5.74, 6) is 0.876. The molecule has 1 unspecified atom stereocenters. The Kier molecular flexibility index (Phi) is 7.33. The minimum absolute atomic E-state index is 0.454. The fraction of sp³-hybridized carbons (Fsp3) is 1.00. The van der Waals surface area contributed by atoms with Crippen LogP contribution in [0, 0.1) is 11.3 Å². The van der Waals surface area contributed by atoms with Gasteiger partial charge in [0.25, 0.3) is 0 Å². The van der Waals surface area contributed by atoms with E-state index in [1.54, 1.807) is 0 Å². The molecule has 3 heteroatoms. The Balaban J connectivity index is 2.43. The van der Waals surface area contributed by atoms with Crippen molar-refractivity contribution in [2.24, 2.45) is 11.3 Å². The van der Waals surface area contributed by atoms with E-state index in [9.17, 15) is 0 Å². The second kappa shape index (κ2) is 8.23. The van der Waals surface area contributed by atoms with E-state index in [4.69, 9.17) is 0 Å². The molecule has 0 saturated carbocycles. The summed E-state index contributed by atoms with van der Waals surface area (Å²) in [4.78, 5) is 5.04. The largest absolute Gasteiger partial charge is 0.316 e. The zero-order valence-electron chi connectivity index (χ0n) is 13.8. The summed E-state index contributed by atoms with van der Waals surface area (Å²) in [5.41, 5.74) is 0.454. The molecule has 1 aliphatic rings. The maximum absolute atomic E-state index is 3.56. The SMILES string of the molecule is CCNCC(CC)(CC)CN(C)CC1CCN(C)C1. The first-order valence-electron chi connectivity index (χ1n) is 8.13. The third kappa shape index (κ3) is 5.41. The minimum atomic E-state index is 0.454. The molecular formula is C16H35N3. The Labute approximate surface area is 120 Å². The lowest BCUT2D eigenvalue weighted by Gasteiger charge is -2.37. The number of hydrogen-bond acceptors (Lipinski definition) is 3. The molecule has 1 fully saturated rings. The fourth-order valence-corrected chi connectivity index (χ4v) is 3.42. The molecule has 0 radical (unpaired) electrons. The summed E-state index contributed by atoms with van der Waals surface area (Å²) in [6.07, 6.45) is 3.91. The van der Waals surface area contributed by atoms with Gasteiger partial charge in [0.2, 0.25) is 0 Å². The summed E-state index contributed by atoms with van der Waals surface area (Å²) in [6, 6.07) is 0. The lowest BCUT2D eigenvalue weighted by molar-refractivity contribution is 0.142. The lowest BCUT2D eigenvalue weighted by Crippen LogP contribution is -2.43. The zero-order valence-corrected chi connectivity index (χ0v) is 13.8. The van der Waals surface area contributed by atoms with Crippen LogP contribution in [0.15, 0.2) is 0 Å². The molecular weight excluding hydrogens is 234 g/mol. The number of nitrogens with zero attached hydrogens (tertiary/aromatic N) is 2. The van der Waals surface area contributed by atoms with Gasteiger partial charge in [-0.25, -0.2) is 0 Å². The molecule has 0 aliphatic carbocycles. The quantitative estimate of drug-likeness (QED) is 0.693. The van der Waals surface area contributed by atoms with Crippen molar-refractivity contribution >= 4 is 0 Å². The van der Waals surface area contributed by atoms with Crippen molar-refractivity contribution < 1.29 is 0 Å². The van der Waals surface area contributed by atoms with Crippen LogP contribution in [0.25, 0.3) is 0 Å². The smallest absolute Gasteiger partial charge is 0.00470 e. The summed E-state index contributed by atoms with van der Waals surface area (Å²) in [7, 11) is 4.55. The Morgan fingerprint density at radius 1 is 1.26 bits per heavy atom. The maximum Gasteiger partial charge on any atom is 0.00470 e. The first kappa shape index (κ1) is 16.9. The third-order valence-corrected chi connectivity index (χ3v) is 4.91. The van der Waals surface area contributed by atoms with Gasteiger partial charge in [0.1, 0.15) is 0 Å². The van der Waals surface area contributed by atoms with E-state index in [2.05, 4.69) is 50.0 Å². The van der Waals surface area contributed by atoms with Gasteiger partial charge in [-0.05, 0) is 57.8 Å². The van der Waals surface area contributed by atoms with E-state index in [-0.39, 0.29) is 0 Å². The second-order valence-electron chi connectivity index (χ2n) is 6.60. The molecule has 0 aromatic rings. The molecule has 0 spiro atoms. The van der Waals surface area contributed by atoms with Crippen LogP contribution in [0.3, 0.4) is 0 Å². The van der Waals surface area contributed by atoms with Gasteiger partial charge in [-0.1, -0.05) is 20.8 Å². The van der Waals surface area contributed by atoms with E-state index < -0.39 is 0 Å². The van der Waals surface area contributed by atoms with Crippen molar-refractivity contribution in [1.29, 1.82) is 0 Å². The van der Waals surface area contributed by atoms with Crippen molar-refractivity contribution in [2.75, 3.05) is 53.4 Å². The second-order valence-corrected chi connectivity index (χ2v) is 6.60. The predicted octanol–water partition coefficient (Wildman–Crippen LogP) is 2.29. The topological polar surface area (TPSA) is 18.5 Å². The van der Waals surface area contributed by atoms with E-state index in [0.29, 0.717) is 5.41 Å². The highest BCUT2D eigenvalue weighted by atomic mass is 15.2. The van der Waals surface area contributed by atoms with Gasteiger partial charge >= 0.3 is 0 Å². The highest BCUT2D eigenvalue weighted by Gasteiger charge is 2.29. The predicted molar refractivity (Wildman–Crippen MR) is 84.7 cm³/mol. The first-order chi connectivity index (χ1) is 9.05. The normalized spacial score (nSPS) is 21.5. The number of nitrogens with one attached hydrogen (secondary N) is 1. The van der Waals surface area contributed by atoms with Crippen LogP contribution in [-0.4, -0.2) is 63.2 Å². The van der Waals surface area contributed by atoms with E-state index >= 15 is 0 Å². The molecule has 1 heterocycles. The van der Waals surface area contributed by atoms with Crippen molar-refractivity contribution in [1.82, 2.24) is 15.1 Å². The minimum Gasteiger partial charge on any atom is -0.316 e. The van der Waals surface area contributed by atoms with Gasteiger partial charge in [0.15, 0.2) is 0 Å². The van der Waals surface area contributed by atoms with Crippen LogP contribution < -0.4 is 5.32 Å². The van der Waals surface area contributed by atoms with Gasteiger partial charge in [-0.3, -0.25) is 0 Å². The van der Waals surface area contributed by atoms with Gasteiger partial charge in [-0.15, -0.1) is 0 Å². The molecule has 1 N–H and O–H groups in total. The molecule has 0 aromatic heterocycles. The van der Waals surface area contributed by atoms with E-state index in [1.807, 2.05) is 0 Å². The molecule has 0 amide bonds. The Hall–Kier alpha value is -0.120. The van der Waals surface area contributed by atoms with Gasteiger partial charge in [0.05, 0.1) is 0 Å². The molecule has 1 aliphatic heterocycles. The van der Waals surface area contributed by atoms with Crippen LogP contribution in [-0.2, 0) is 0 Å². The van der Waals surface area contributed by atoms with Crippen LogP contribution in [0.2, 0.25) is 0 Å². The molecule has 3 nitrogen and oxygen atoms in total. The summed E-state index contributed by atoms with van der Waals surface area (Å²) >= 11 is 0. The van der Waals surface area contributed by atoms with Crippen LogP contribution >= 0.6 is 0 Å². The average molecular weight is 269 g/mol. The monoisotopic (exact) mass is 269 g/mol. The van der Waals surface area contributed by atoms with Crippen LogP contribution in [0.1, 0.15) is 40.0 Å². The van der Waals surface area contributed by atoms with Crippen molar-refractivity contribution in [3.63, 3.8) is 0 Å². The molecule has 114 valence electrons. The zero-order chi connectivity index (χ0) is 14.3. The number of rotatable bonds is 9. The van der Waals surface area contributed by atoms with Crippen molar-refractivity contribution in [2.45, 2.75) is 40.0 Å². The highest BCUT2D eigenvalue weighted by Crippen LogP contribution is 2.27. The molecule has 1 saturated heterocycles. The van der Waals surface area contributed by atoms with Gasteiger partial charge < -0.3 is 15.1 Å². The molecule has 19 heavy (non-hydrogen) atoms. The van der Waals surface area contributed by atoms with Gasteiger partial charge in [-0.2, -0.15) is 0 Å². The molecule has 0 bridgehead atoms. The molecule has 1 rings (SSSR count). The fourth-order valence-electron chi connectivity index (χ4n) is 3.42. The maximum atomic E-state index is 3.56. The number of hydrogen-bond donors (Lipinski definition) is 1. The van der Waals surface area contributed by atoms with Gasteiger partial charge in [0, 0.05) is 26.2 Å². The summed E-state index contributed by atoms with van der Waals surface area (Å²) in [6.45, 7) is 14.2. The van der Waals surface area contributed by atoms with Crippen molar-refractivity contribution in [3.05, 3.63) is 0 Å². The van der Waals surface area contributed by atoms with E-state index in [0.717, 1.165) is 19.0 Å². The standard InChI is InChI=1S/C16H35N3/c1-6-16(7-2,13-17-8-3)14-19(5)12-15-9-10-18(4)11-15/h15,17H,6-14H2,1-5H3. The molecule has 0 aromatic carbocycles. The van der Waals surface area contributed by atoms with Crippen LogP contribution in [0.5, 0.6) is 0 Å². The Morgan fingerprint density at radius 2 is 1.95 bits per heavy atom. The Bertz CT molecular complexity index is 238. The number of likely N-dealkylation sites (tertiary alicyclic amines) is 1. The van der Waals surface area contributed by atoms with Crippen LogP contribution in [0.4, 0.5) is 0 Å². The average Bonchev–Trinajstić information content (AvgIpc) is 2.80. The first-order valence-corrected chi connectivity index (χ1v) is 8.13. The van der Waals surface area contributed by atoms with Crippen molar-refractivity contribution in [3.8, 4) is 0 Å². The third-order valence-electron chi connectivity index (χ3n) is 4.91. The lowest BCUT2D eigenvalue weighted by atomic mass is 9.81. The highest BCUT2D eigenvalue weighted by molar-refractivity contribution is 4.84. The van der Waals surface area contributed by atoms with E-state index in [1.165, 1.54) is 45.4 Å².